The average Bonchev–Trinajstić information content (AvgIpc) is 2.75. The quantitative estimate of drug-likeness (QED) is 0.474. The third kappa shape index (κ3) is 7.67. The van der Waals surface area contributed by atoms with Crippen LogP contribution in [-0.4, -0.2) is 62.7 Å². The van der Waals surface area contributed by atoms with Crippen molar-refractivity contribution >= 4 is 11.8 Å². The van der Waals surface area contributed by atoms with Crippen LogP contribution in [0.4, 0.5) is 0 Å². The molecule has 0 aromatic heterocycles. The summed E-state index contributed by atoms with van der Waals surface area (Å²) in [6, 6.07) is 8.68. The molecule has 0 saturated heterocycles. The minimum atomic E-state index is -0.676. The van der Waals surface area contributed by atoms with Gasteiger partial charge >= 0.3 is 0 Å². The van der Waals surface area contributed by atoms with Gasteiger partial charge in [-0.15, -0.1) is 0 Å². The number of hydrogen-bond donors (Lipinski definition) is 2. The van der Waals surface area contributed by atoms with Crippen molar-refractivity contribution in [3.63, 3.8) is 0 Å². The Bertz CT molecular complexity index is 825. The maximum atomic E-state index is 13.8. The van der Waals surface area contributed by atoms with Gasteiger partial charge in [0, 0.05) is 19.6 Å². The highest BCUT2D eigenvalue weighted by Crippen LogP contribution is 2.29. The zero-order chi connectivity index (χ0) is 26.3. The lowest BCUT2D eigenvalue weighted by Crippen LogP contribution is -2.61. The molecule has 2 N–H and O–H groups in total. The number of rotatable bonds is 11. The summed E-state index contributed by atoms with van der Waals surface area (Å²) in [6.45, 7) is 16.7. The maximum Gasteiger partial charge on any atom is 0.245 e. The molecule has 0 aliphatic rings. The maximum absolute atomic E-state index is 13.8. The minimum Gasteiger partial charge on any atom is -0.380 e. The van der Waals surface area contributed by atoms with Crippen LogP contribution in [0.15, 0.2) is 42.0 Å². The fourth-order valence-corrected chi connectivity index (χ4v) is 4.40. The first kappa shape index (κ1) is 29.9. The lowest BCUT2D eigenvalue weighted by molar-refractivity contribution is -0.140. The van der Waals surface area contributed by atoms with Crippen molar-refractivity contribution in [2.75, 3.05) is 27.8 Å². The molecule has 192 valence electrons. The molecule has 1 aromatic carbocycles. The first-order chi connectivity index (χ1) is 15.7. The fourth-order valence-electron chi connectivity index (χ4n) is 4.40. The van der Waals surface area contributed by atoms with Gasteiger partial charge < -0.3 is 20.3 Å². The highest BCUT2D eigenvalue weighted by atomic mass is 16.5. The number of amides is 2. The Morgan fingerprint density at radius 3 is 2.06 bits per heavy atom. The predicted molar refractivity (Wildman–Crippen MR) is 141 cm³/mol. The molecule has 34 heavy (non-hydrogen) atoms. The molecule has 0 spiro atoms. The van der Waals surface area contributed by atoms with Gasteiger partial charge in [-0.25, -0.2) is 0 Å². The second-order valence-corrected chi connectivity index (χ2v) is 11.2. The number of ether oxygens (including phenoxy) is 1. The van der Waals surface area contributed by atoms with Gasteiger partial charge in [-0.05, 0) is 36.4 Å². The van der Waals surface area contributed by atoms with Gasteiger partial charge in [-0.1, -0.05) is 84.9 Å². The van der Waals surface area contributed by atoms with Gasteiger partial charge in [-0.3, -0.25) is 9.59 Å². The van der Waals surface area contributed by atoms with Crippen LogP contribution < -0.4 is 10.6 Å². The molecule has 0 bridgehead atoms. The summed E-state index contributed by atoms with van der Waals surface area (Å²) in [7, 11) is 5.27. The van der Waals surface area contributed by atoms with Crippen LogP contribution in [0.5, 0.6) is 0 Å². The van der Waals surface area contributed by atoms with E-state index in [2.05, 4.69) is 30.6 Å². The highest BCUT2D eigenvalue weighted by molar-refractivity contribution is 5.91. The van der Waals surface area contributed by atoms with Gasteiger partial charge in [-0.2, -0.15) is 0 Å². The van der Waals surface area contributed by atoms with E-state index in [9.17, 15) is 9.59 Å². The number of benzene rings is 1. The van der Waals surface area contributed by atoms with Crippen LogP contribution in [-0.2, 0) is 19.7 Å². The summed E-state index contributed by atoms with van der Waals surface area (Å²) < 4.78 is 5.25. The van der Waals surface area contributed by atoms with E-state index in [-0.39, 0.29) is 23.8 Å². The molecule has 0 heterocycles. The number of nitrogens with one attached hydrogen (secondary N) is 2. The van der Waals surface area contributed by atoms with E-state index in [1.807, 2.05) is 78.9 Å². The van der Waals surface area contributed by atoms with E-state index in [0.29, 0.717) is 6.61 Å². The summed E-state index contributed by atoms with van der Waals surface area (Å²) >= 11 is 0. The van der Waals surface area contributed by atoms with Gasteiger partial charge in [0.2, 0.25) is 11.8 Å². The van der Waals surface area contributed by atoms with Crippen molar-refractivity contribution in [2.45, 2.75) is 78.9 Å². The smallest absolute Gasteiger partial charge is 0.245 e. The summed E-state index contributed by atoms with van der Waals surface area (Å²) in [5.41, 5.74) is 1.18. The predicted octanol–water partition coefficient (Wildman–Crippen LogP) is 4.16. The van der Waals surface area contributed by atoms with Gasteiger partial charge in [0.25, 0.3) is 0 Å². The molecule has 0 aliphatic carbocycles. The van der Waals surface area contributed by atoms with Crippen LogP contribution in [0.1, 0.15) is 61.0 Å². The summed E-state index contributed by atoms with van der Waals surface area (Å²) in [6.07, 6.45) is 2.09. The third-order valence-electron chi connectivity index (χ3n) is 6.50. The summed E-state index contributed by atoms with van der Waals surface area (Å²) in [5, 5.41) is 6.29. The molecule has 0 radical (unpaired) electrons. The van der Waals surface area contributed by atoms with E-state index in [1.54, 1.807) is 19.1 Å². The number of likely N-dealkylation sites (N-methyl/N-ethyl adjacent to an activating group) is 2. The van der Waals surface area contributed by atoms with Gasteiger partial charge in [0.1, 0.15) is 6.04 Å². The Labute approximate surface area is 207 Å². The van der Waals surface area contributed by atoms with E-state index < -0.39 is 22.9 Å². The molecule has 2 amide bonds. The van der Waals surface area contributed by atoms with E-state index in [0.717, 1.165) is 11.1 Å². The Morgan fingerprint density at radius 2 is 1.62 bits per heavy atom. The molecule has 6 nitrogen and oxygen atoms in total. The molecule has 1 rings (SSSR count). The zero-order valence-corrected chi connectivity index (χ0v) is 23.2. The largest absolute Gasteiger partial charge is 0.380 e. The first-order valence-electron chi connectivity index (χ1n) is 12.1. The third-order valence-corrected chi connectivity index (χ3v) is 6.50. The lowest BCUT2D eigenvalue weighted by Gasteiger charge is -2.40. The topological polar surface area (TPSA) is 70.7 Å². The molecule has 3 atom stereocenters. The van der Waals surface area contributed by atoms with E-state index in [1.165, 1.54) is 0 Å². The molecule has 0 aliphatic heterocycles. The van der Waals surface area contributed by atoms with Crippen molar-refractivity contribution in [3.8, 4) is 0 Å². The monoisotopic (exact) mass is 473 g/mol. The van der Waals surface area contributed by atoms with Gasteiger partial charge in [0.15, 0.2) is 0 Å². The van der Waals surface area contributed by atoms with E-state index in [4.69, 9.17) is 4.74 Å². The number of nitrogens with zero attached hydrogens (tertiary/aromatic N) is 1. The molecular formula is C28H47N3O3. The Morgan fingerprint density at radius 1 is 1.06 bits per heavy atom. The number of carbonyl (C=O) groups excluding carboxylic acids is 2. The van der Waals surface area contributed by atoms with Crippen LogP contribution in [0.2, 0.25) is 0 Å². The number of methoxy groups -OCH3 is 1. The van der Waals surface area contributed by atoms with Crippen LogP contribution in [0.3, 0.4) is 0 Å². The van der Waals surface area contributed by atoms with Crippen molar-refractivity contribution in [2.24, 2.45) is 11.3 Å². The molecule has 2 unspecified atom stereocenters. The van der Waals surface area contributed by atoms with Crippen LogP contribution in [0.25, 0.3) is 0 Å². The summed E-state index contributed by atoms with van der Waals surface area (Å²) in [5.74, 6) is -0.0854. The van der Waals surface area contributed by atoms with Crippen molar-refractivity contribution in [1.29, 1.82) is 0 Å². The Hall–Kier alpha value is -2.18. The lowest BCUT2D eigenvalue weighted by atomic mass is 9.76. The second-order valence-electron chi connectivity index (χ2n) is 11.2. The second kappa shape index (κ2) is 12.5. The van der Waals surface area contributed by atoms with Gasteiger partial charge in [0.05, 0.1) is 18.7 Å². The van der Waals surface area contributed by atoms with Crippen LogP contribution in [0, 0.1) is 11.3 Å². The Kier molecular flexibility index (Phi) is 11.0. The van der Waals surface area contributed by atoms with Crippen molar-refractivity contribution in [1.82, 2.24) is 15.5 Å². The Balaban J connectivity index is 3.25. The molecular weight excluding hydrogens is 426 g/mol. The van der Waals surface area contributed by atoms with Crippen molar-refractivity contribution < 1.29 is 14.3 Å². The summed E-state index contributed by atoms with van der Waals surface area (Å²) in [4.78, 5) is 29.1. The highest BCUT2D eigenvalue weighted by Gasteiger charge is 2.41. The van der Waals surface area contributed by atoms with Crippen LogP contribution >= 0.6 is 0 Å². The molecule has 0 fully saturated rings. The number of carbonyl (C=O) groups is 2. The first-order valence-corrected chi connectivity index (χ1v) is 12.1. The SMILES string of the molecule is CNC(C(=O)N[C@H](C(=O)N(C)C(/C=C(\C)COC)C(C)C)C(C)(C)C)C(C)(C)c1ccccc1. The van der Waals surface area contributed by atoms with E-state index >= 15 is 0 Å². The van der Waals surface area contributed by atoms with Crippen molar-refractivity contribution in [3.05, 3.63) is 47.5 Å². The number of hydrogen-bond acceptors (Lipinski definition) is 4. The zero-order valence-electron chi connectivity index (χ0n) is 23.2. The normalized spacial score (nSPS) is 15.6. The molecule has 1 aromatic rings. The standard InChI is InChI=1S/C28H47N3O3/c1-19(2)22(17-20(3)18-34-11)31(10)26(33)24(27(4,5)6)30-25(32)23(29-9)28(7,8)21-15-13-12-14-16-21/h12-17,19,22-24,29H,18H2,1-11H3,(H,30,32)/b20-17+/t22?,23?,24-/m1/s1. The fraction of sp³-hybridized carbons (Fsp3) is 0.643. The average molecular weight is 474 g/mol. The minimum absolute atomic E-state index is 0.103. The molecule has 6 heteroatoms. The molecule has 0 saturated carbocycles.